The Morgan fingerprint density at radius 3 is 2.46 bits per heavy atom. The van der Waals surface area contributed by atoms with Gasteiger partial charge in [-0.2, -0.15) is 13.2 Å². The number of carbonyl (C=O) groups is 1. The maximum absolute atomic E-state index is 12.8. The summed E-state index contributed by atoms with van der Waals surface area (Å²) in [5, 5.41) is 14.2. The van der Waals surface area contributed by atoms with Crippen LogP contribution in [0.4, 0.5) is 23.7 Å². The van der Waals surface area contributed by atoms with E-state index in [4.69, 9.17) is 16.3 Å². The number of benzene rings is 2. The molecular formula is C17H16ClF3N2O3. The first-order valence-electron chi connectivity index (χ1n) is 7.44. The minimum atomic E-state index is -4.63. The van der Waals surface area contributed by atoms with Gasteiger partial charge in [0.2, 0.25) is 0 Å². The Hall–Kier alpha value is -2.45. The molecule has 0 bridgehead atoms. The smallest absolute Gasteiger partial charge is 0.417 e. The molecule has 3 N–H and O–H groups in total. The number of aliphatic hydroxyl groups excluding tert-OH is 1. The lowest BCUT2D eigenvalue weighted by atomic mass is 10.1. The van der Waals surface area contributed by atoms with E-state index in [0.717, 1.165) is 12.1 Å². The molecule has 0 aliphatic heterocycles. The standard InChI is InChI=1S/C17H16ClF3N2O3/c1-26-12-5-2-10(3-6-12)15(24)9-22-16(25)23-11-4-7-14(18)13(8-11)17(19,20)21/h2-8,15,24H,9H2,1H3,(H2,22,23,25). The van der Waals surface area contributed by atoms with Crippen molar-refractivity contribution in [2.24, 2.45) is 0 Å². The van der Waals surface area contributed by atoms with Crippen LogP contribution in [0.2, 0.25) is 5.02 Å². The topological polar surface area (TPSA) is 70.6 Å². The minimum absolute atomic E-state index is 0.0711. The Morgan fingerprint density at radius 1 is 1.23 bits per heavy atom. The van der Waals surface area contributed by atoms with Gasteiger partial charge >= 0.3 is 12.2 Å². The first-order valence-corrected chi connectivity index (χ1v) is 7.82. The van der Waals surface area contributed by atoms with Gasteiger partial charge in [0.15, 0.2) is 0 Å². The summed E-state index contributed by atoms with van der Waals surface area (Å²) in [6, 6.07) is 8.87. The summed E-state index contributed by atoms with van der Waals surface area (Å²) in [4.78, 5) is 11.8. The summed E-state index contributed by atoms with van der Waals surface area (Å²) < 4.78 is 43.4. The zero-order chi connectivity index (χ0) is 19.3. The zero-order valence-corrected chi connectivity index (χ0v) is 14.4. The number of hydrogen-bond acceptors (Lipinski definition) is 3. The Morgan fingerprint density at radius 2 is 1.88 bits per heavy atom. The van der Waals surface area contributed by atoms with Crippen LogP contribution in [-0.4, -0.2) is 24.8 Å². The van der Waals surface area contributed by atoms with Crippen LogP contribution in [0.25, 0.3) is 0 Å². The monoisotopic (exact) mass is 388 g/mol. The molecule has 0 aromatic heterocycles. The molecule has 0 saturated carbocycles. The molecule has 2 amide bonds. The highest BCUT2D eigenvalue weighted by Gasteiger charge is 2.33. The number of amides is 2. The second kappa shape index (κ2) is 8.29. The molecule has 9 heteroatoms. The predicted molar refractivity (Wildman–Crippen MR) is 91.4 cm³/mol. The van der Waals surface area contributed by atoms with E-state index in [9.17, 15) is 23.1 Å². The molecule has 0 heterocycles. The SMILES string of the molecule is COc1ccc(C(O)CNC(=O)Nc2ccc(Cl)c(C(F)(F)F)c2)cc1. The molecule has 140 valence electrons. The van der Waals surface area contributed by atoms with Crippen molar-refractivity contribution >= 4 is 23.3 Å². The van der Waals surface area contributed by atoms with Crippen molar-refractivity contribution < 1.29 is 27.8 Å². The molecule has 5 nitrogen and oxygen atoms in total. The van der Waals surface area contributed by atoms with E-state index in [0.29, 0.717) is 11.3 Å². The van der Waals surface area contributed by atoms with Crippen LogP contribution in [0.5, 0.6) is 5.75 Å². The van der Waals surface area contributed by atoms with Crippen LogP contribution >= 0.6 is 11.6 Å². The number of urea groups is 1. The van der Waals surface area contributed by atoms with Gasteiger partial charge in [0.1, 0.15) is 5.75 Å². The fourth-order valence-electron chi connectivity index (χ4n) is 2.13. The summed E-state index contributed by atoms with van der Waals surface area (Å²) in [7, 11) is 1.51. The molecule has 2 aromatic rings. The number of anilines is 1. The fraction of sp³-hybridized carbons (Fsp3) is 0.235. The van der Waals surface area contributed by atoms with Crippen LogP contribution in [-0.2, 0) is 6.18 Å². The average molecular weight is 389 g/mol. The van der Waals surface area contributed by atoms with Crippen molar-refractivity contribution in [3.63, 3.8) is 0 Å². The van der Waals surface area contributed by atoms with Crippen molar-refractivity contribution in [3.05, 3.63) is 58.6 Å². The third kappa shape index (κ3) is 5.27. The quantitative estimate of drug-likeness (QED) is 0.718. The second-order valence-electron chi connectivity index (χ2n) is 5.32. The number of aliphatic hydroxyl groups is 1. The number of rotatable bonds is 5. The van der Waals surface area contributed by atoms with Gasteiger partial charge < -0.3 is 20.5 Å². The van der Waals surface area contributed by atoms with Gasteiger partial charge in [-0.3, -0.25) is 0 Å². The number of alkyl halides is 3. The molecule has 0 radical (unpaired) electrons. The van der Waals surface area contributed by atoms with E-state index in [1.54, 1.807) is 24.3 Å². The third-order valence-electron chi connectivity index (χ3n) is 3.49. The number of ether oxygens (including phenoxy) is 1. The highest BCUT2D eigenvalue weighted by Crippen LogP contribution is 2.36. The van der Waals surface area contributed by atoms with Crippen molar-refractivity contribution in [1.29, 1.82) is 0 Å². The number of halogens is 4. The van der Waals surface area contributed by atoms with Crippen LogP contribution in [0.3, 0.4) is 0 Å². The van der Waals surface area contributed by atoms with E-state index in [1.807, 2.05) is 0 Å². The fourth-order valence-corrected chi connectivity index (χ4v) is 2.35. The Balaban J connectivity index is 1.94. The van der Waals surface area contributed by atoms with Crippen molar-refractivity contribution in [1.82, 2.24) is 5.32 Å². The Bertz CT molecular complexity index is 767. The largest absolute Gasteiger partial charge is 0.497 e. The molecule has 26 heavy (non-hydrogen) atoms. The van der Waals surface area contributed by atoms with Gasteiger partial charge in [-0.1, -0.05) is 23.7 Å². The molecule has 2 aromatic carbocycles. The van der Waals surface area contributed by atoms with E-state index >= 15 is 0 Å². The second-order valence-corrected chi connectivity index (χ2v) is 5.72. The van der Waals surface area contributed by atoms with Crippen LogP contribution < -0.4 is 15.4 Å². The lowest BCUT2D eigenvalue weighted by molar-refractivity contribution is -0.137. The number of carbonyl (C=O) groups excluding carboxylic acids is 1. The van der Waals surface area contributed by atoms with E-state index in [2.05, 4.69) is 10.6 Å². The molecule has 2 rings (SSSR count). The number of methoxy groups -OCH3 is 1. The summed E-state index contributed by atoms with van der Waals surface area (Å²) in [6.45, 7) is -0.127. The molecule has 0 fully saturated rings. The van der Waals surface area contributed by atoms with Gasteiger partial charge in [-0.15, -0.1) is 0 Å². The van der Waals surface area contributed by atoms with Gasteiger partial charge in [0.05, 0.1) is 23.8 Å². The normalized spacial score (nSPS) is 12.4. The summed E-state index contributed by atoms with van der Waals surface area (Å²) in [6.07, 6.45) is -5.61. The minimum Gasteiger partial charge on any atom is -0.497 e. The third-order valence-corrected chi connectivity index (χ3v) is 3.82. The average Bonchev–Trinajstić information content (AvgIpc) is 2.60. The number of hydrogen-bond donors (Lipinski definition) is 3. The maximum atomic E-state index is 12.8. The van der Waals surface area contributed by atoms with Gasteiger partial charge in [0.25, 0.3) is 0 Å². The number of nitrogens with one attached hydrogen (secondary N) is 2. The molecule has 1 atom stereocenters. The van der Waals surface area contributed by atoms with Gasteiger partial charge in [-0.25, -0.2) is 4.79 Å². The van der Waals surface area contributed by atoms with Gasteiger partial charge in [0, 0.05) is 12.2 Å². The van der Waals surface area contributed by atoms with E-state index < -0.39 is 28.9 Å². The highest BCUT2D eigenvalue weighted by molar-refractivity contribution is 6.31. The summed E-state index contributed by atoms with van der Waals surface area (Å²) in [5.41, 5.74) is -0.564. The van der Waals surface area contributed by atoms with Crippen molar-refractivity contribution in [2.75, 3.05) is 19.0 Å². The summed E-state index contributed by atoms with van der Waals surface area (Å²) >= 11 is 5.52. The van der Waals surface area contributed by atoms with Crippen molar-refractivity contribution in [3.8, 4) is 5.75 Å². The van der Waals surface area contributed by atoms with Crippen molar-refractivity contribution in [2.45, 2.75) is 12.3 Å². The first kappa shape index (κ1) is 19.9. The maximum Gasteiger partial charge on any atom is 0.417 e. The lowest BCUT2D eigenvalue weighted by Crippen LogP contribution is -2.32. The lowest BCUT2D eigenvalue weighted by Gasteiger charge is -2.14. The molecule has 1 unspecified atom stereocenters. The molecule has 0 saturated heterocycles. The first-order chi connectivity index (χ1) is 12.2. The molecule has 0 aliphatic rings. The Labute approximate surface area is 152 Å². The molecular weight excluding hydrogens is 373 g/mol. The van der Waals surface area contributed by atoms with Gasteiger partial charge in [-0.05, 0) is 35.9 Å². The van der Waals surface area contributed by atoms with Crippen LogP contribution in [0.15, 0.2) is 42.5 Å². The Kier molecular flexibility index (Phi) is 6.33. The van der Waals surface area contributed by atoms with E-state index in [-0.39, 0.29) is 12.2 Å². The molecule has 0 aliphatic carbocycles. The van der Waals surface area contributed by atoms with E-state index in [1.165, 1.54) is 13.2 Å². The summed E-state index contributed by atoms with van der Waals surface area (Å²) in [5.74, 6) is 0.620. The predicted octanol–water partition coefficient (Wildman–Crippen LogP) is 4.22. The van der Waals surface area contributed by atoms with Crippen LogP contribution in [0, 0.1) is 0 Å². The molecule has 0 spiro atoms. The van der Waals surface area contributed by atoms with Crippen LogP contribution in [0.1, 0.15) is 17.2 Å². The highest BCUT2D eigenvalue weighted by atomic mass is 35.5. The zero-order valence-electron chi connectivity index (χ0n) is 13.6.